The summed E-state index contributed by atoms with van der Waals surface area (Å²) in [5.41, 5.74) is 1.37. The van der Waals surface area contributed by atoms with E-state index in [2.05, 4.69) is 16.4 Å². The summed E-state index contributed by atoms with van der Waals surface area (Å²) < 4.78 is 0. The summed E-state index contributed by atoms with van der Waals surface area (Å²) in [6.07, 6.45) is 7.15. The van der Waals surface area contributed by atoms with E-state index in [9.17, 15) is 10.1 Å². The third-order valence-electron chi connectivity index (χ3n) is 4.40. The van der Waals surface area contributed by atoms with E-state index in [-0.39, 0.29) is 11.8 Å². The lowest BCUT2D eigenvalue weighted by atomic mass is 9.84. The Morgan fingerprint density at radius 1 is 1.27 bits per heavy atom. The highest BCUT2D eigenvalue weighted by atomic mass is 16.1. The fraction of sp³-hybridized carbons (Fsp3) is 0.389. The van der Waals surface area contributed by atoms with Gasteiger partial charge >= 0.3 is 0 Å². The first-order chi connectivity index (χ1) is 10.8. The van der Waals surface area contributed by atoms with Crippen molar-refractivity contribution in [1.29, 1.82) is 5.26 Å². The van der Waals surface area contributed by atoms with Crippen molar-refractivity contribution in [1.82, 2.24) is 10.3 Å². The number of nitrogens with one attached hydrogen (secondary N) is 1. The van der Waals surface area contributed by atoms with E-state index in [0.29, 0.717) is 5.56 Å². The Morgan fingerprint density at radius 3 is 2.82 bits per heavy atom. The fourth-order valence-corrected chi connectivity index (χ4v) is 3.14. The van der Waals surface area contributed by atoms with E-state index in [1.165, 1.54) is 6.42 Å². The predicted molar refractivity (Wildman–Crippen MR) is 85.2 cm³/mol. The molecule has 2 aromatic rings. The molecule has 3 rings (SSSR count). The molecule has 1 amide bonds. The molecular weight excluding hydrogens is 274 g/mol. The molecule has 22 heavy (non-hydrogen) atoms. The standard InChI is InChI=1S/C18H19N3O/c19-11-17(13-6-2-1-3-7-13)21-18(22)15-10-14-8-4-5-9-16(14)20-12-15/h4-5,8-10,12-13,17H,1-3,6-7H2,(H,21,22). The molecule has 1 aromatic heterocycles. The molecule has 0 aliphatic heterocycles. The Hall–Kier alpha value is -2.41. The Labute approximate surface area is 130 Å². The zero-order valence-corrected chi connectivity index (χ0v) is 12.5. The number of hydrogen-bond donors (Lipinski definition) is 1. The van der Waals surface area contributed by atoms with Crippen LogP contribution < -0.4 is 5.32 Å². The van der Waals surface area contributed by atoms with E-state index >= 15 is 0 Å². The van der Waals surface area contributed by atoms with Gasteiger partial charge in [0.25, 0.3) is 5.91 Å². The second kappa shape index (κ2) is 6.57. The third kappa shape index (κ3) is 3.09. The van der Waals surface area contributed by atoms with Crippen molar-refractivity contribution in [2.75, 3.05) is 0 Å². The molecule has 1 aliphatic carbocycles. The lowest BCUT2D eigenvalue weighted by molar-refractivity contribution is 0.0928. The number of carbonyl (C=O) groups excluding carboxylic acids is 1. The molecule has 1 heterocycles. The van der Waals surface area contributed by atoms with Gasteiger partial charge in [-0.3, -0.25) is 9.78 Å². The van der Waals surface area contributed by atoms with Crippen LogP contribution in [0, 0.1) is 17.2 Å². The highest BCUT2D eigenvalue weighted by Gasteiger charge is 2.25. The van der Waals surface area contributed by atoms with Gasteiger partial charge < -0.3 is 5.32 Å². The number of nitriles is 1. The first kappa shape index (κ1) is 14.5. The number of rotatable bonds is 3. The molecule has 1 unspecified atom stereocenters. The molecule has 4 nitrogen and oxygen atoms in total. The number of hydrogen-bond acceptors (Lipinski definition) is 3. The van der Waals surface area contributed by atoms with Crippen LogP contribution in [0.4, 0.5) is 0 Å². The van der Waals surface area contributed by atoms with Gasteiger partial charge in [0, 0.05) is 11.6 Å². The minimum Gasteiger partial charge on any atom is -0.336 e. The first-order valence-corrected chi connectivity index (χ1v) is 7.83. The quantitative estimate of drug-likeness (QED) is 0.942. The third-order valence-corrected chi connectivity index (χ3v) is 4.40. The van der Waals surface area contributed by atoms with Crippen molar-refractivity contribution in [3.05, 3.63) is 42.1 Å². The number of carbonyl (C=O) groups is 1. The van der Waals surface area contributed by atoms with E-state index in [1.54, 1.807) is 6.20 Å². The van der Waals surface area contributed by atoms with Crippen molar-refractivity contribution in [3.8, 4) is 6.07 Å². The number of nitrogens with zero attached hydrogens (tertiary/aromatic N) is 2. The van der Waals surface area contributed by atoms with Crippen molar-refractivity contribution in [2.24, 2.45) is 5.92 Å². The predicted octanol–water partition coefficient (Wildman–Crippen LogP) is 3.44. The average molecular weight is 293 g/mol. The molecule has 0 saturated heterocycles. The Balaban J connectivity index is 1.75. The summed E-state index contributed by atoms with van der Waals surface area (Å²) in [7, 11) is 0. The van der Waals surface area contributed by atoms with E-state index in [4.69, 9.17) is 0 Å². The van der Waals surface area contributed by atoms with Gasteiger partial charge in [-0.25, -0.2) is 0 Å². The zero-order chi connectivity index (χ0) is 15.4. The van der Waals surface area contributed by atoms with Gasteiger partial charge in [0.05, 0.1) is 17.1 Å². The molecule has 1 aromatic carbocycles. The number of fused-ring (bicyclic) bond motifs is 1. The summed E-state index contributed by atoms with van der Waals surface area (Å²) in [6.45, 7) is 0. The normalized spacial score (nSPS) is 16.9. The van der Waals surface area contributed by atoms with E-state index in [1.807, 2.05) is 30.3 Å². The van der Waals surface area contributed by atoms with Crippen molar-refractivity contribution in [3.63, 3.8) is 0 Å². The van der Waals surface area contributed by atoms with Crippen LogP contribution in [0.5, 0.6) is 0 Å². The van der Waals surface area contributed by atoms with Crippen LogP contribution in [0.3, 0.4) is 0 Å². The highest BCUT2D eigenvalue weighted by molar-refractivity contribution is 5.97. The van der Waals surface area contributed by atoms with Crippen molar-refractivity contribution >= 4 is 16.8 Å². The van der Waals surface area contributed by atoms with Gasteiger partial charge in [-0.15, -0.1) is 0 Å². The lowest BCUT2D eigenvalue weighted by Crippen LogP contribution is -2.40. The van der Waals surface area contributed by atoms with Gasteiger partial charge in [0.1, 0.15) is 6.04 Å². The summed E-state index contributed by atoms with van der Waals surface area (Å²) in [5.74, 6) is 0.0616. The SMILES string of the molecule is N#CC(NC(=O)c1cnc2ccccc2c1)C1CCCCC1. The number of aromatic nitrogens is 1. The van der Waals surface area contributed by atoms with Gasteiger partial charge in [-0.1, -0.05) is 37.5 Å². The summed E-state index contributed by atoms with van der Waals surface area (Å²) >= 11 is 0. The summed E-state index contributed by atoms with van der Waals surface area (Å²) in [5, 5.41) is 13.2. The molecule has 1 fully saturated rings. The number of pyridine rings is 1. The minimum absolute atomic E-state index is 0.213. The number of para-hydroxylation sites is 1. The molecule has 112 valence electrons. The minimum atomic E-state index is -0.403. The second-order valence-electron chi connectivity index (χ2n) is 5.90. The molecule has 1 saturated carbocycles. The van der Waals surface area contributed by atoms with Gasteiger partial charge in [0.2, 0.25) is 0 Å². The van der Waals surface area contributed by atoms with Crippen LogP contribution >= 0.6 is 0 Å². The van der Waals surface area contributed by atoms with Crippen LogP contribution in [-0.4, -0.2) is 16.9 Å². The lowest BCUT2D eigenvalue weighted by Gasteiger charge is -2.26. The van der Waals surface area contributed by atoms with E-state index in [0.717, 1.165) is 36.6 Å². The maximum Gasteiger partial charge on any atom is 0.253 e. The highest BCUT2D eigenvalue weighted by Crippen LogP contribution is 2.26. The van der Waals surface area contributed by atoms with Crippen LogP contribution in [0.1, 0.15) is 42.5 Å². The maximum absolute atomic E-state index is 12.4. The topological polar surface area (TPSA) is 65.8 Å². The molecule has 1 atom stereocenters. The van der Waals surface area contributed by atoms with Crippen molar-refractivity contribution < 1.29 is 4.79 Å². The zero-order valence-electron chi connectivity index (χ0n) is 12.5. The molecule has 0 radical (unpaired) electrons. The Kier molecular flexibility index (Phi) is 4.34. The smallest absolute Gasteiger partial charge is 0.253 e. The van der Waals surface area contributed by atoms with Gasteiger partial charge in [-0.2, -0.15) is 5.26 Å². The van der Waals surface area contributed by atoms with Crippen LogP contribution in [-0.2, 0) is 0 Å². The Morgan fingerprint density at radius 2 is 2.05 bits per heavy atom. The van der Waals surface area contributed by atoms with Crippen LogP contribution in [0.25, 0.3) is 10.9 Å². The molecule has 1 aliphatic rings. The van der Waals surface area contributed by atoms with Crippen molar-refractivity contribution in [2.45, 2.75) is 38.1 Å². The first-order valence-electron chi connectivity index (χ1n) is 7.83. The molecule has 1 N–H and O–H groups in total. The summed E-state index contributed by atoms with van der Waals surface area (Å²) in [6, 6.07) is 11.4. The Bertz CT molecular complexity index is 714. The molecular formula is C18H19N3O. The molecule has 4 heteroatoms. The largest absolute Gasteiger partial charge is 0.336 e. The van der Waals surface area contributed by atoms with Gasteiger partial charge in [-0.05, 0) is 30.9 Å². The fourth-order valence-electron chi connectivity index (χ4n) is 3.14. The van der Waals surface area contributed by atoms with Crippen LogP contribution in [0.15, 0.2) is 36.5 Å². The monoisotopic (exact) mass is 293 g/mol. The van der Waals surface area contributed by atoms with Gasteiger partial charge in [0.15, 0.2) is 0 Å². The average Bonchev–Trinajstić information content (AvgIpc) is 2.59. The van der Waals surface area contributed by atoms with Crippen LogP contribution in [0.2, 0.25) is 0 Å². The molecule has 0 spiro atoms. The van der Waals surface area contributed by atoms with E-state index < -0.39 is 6.04 Å². The summed E-state index contributed by atoms with van der Waals surface area (Å²) in [4.78, 5) is 16.7. The second-order valence-corrected chi connectivity index (χ2v) is 5.90. The maximum atomic E-state index is 12.4. The molecule has 0 bridgehead atoms. The number of benzene rings is 1. The number of amides is 1.